The Labute approximate surface area is 192 Å². The van der Waals surface area contributed by atoms with E-state index in [1.54, 1.807) is 0 Å². The summed E-state index contributed by atoms with van der Waals surface area (Å²) in [6.45, 7) is -0.0938. The standard InChI is InChI=1S/C27H26N4O2/c28-14-15-29-27(33)25(17-19-12-13-20-6-1-2-7-21(20)16-19)31-26(32)11-5-8-22-18-30-24-10-4-3-9-23(22)24/h1-4,6-7,9-10,12-13,16,18,25,30H,5,8,11,15,17H2,(H,29,33)(H,31,32). The van der Waals surface area contributed by atoms with Crippen molar-refractivity contribution in [1.29, 1.82) is 5.26 Å². The lowest BCUT2D eigenvalue weighted by atomic mass is 10.0. The maximum absolute atomic E-state index is 12.7. The van der Waals surface area contributed by atoms with Crippen molar-refractivity contribution in [1.82, 2.24) is 15.6 Å². The summed E-state index contributed by atoms with van der Waals surface area (Å²) in [4.78, 5) is 28.5. The van der Waals surface area contributed by atoms with E-state index in [1.807, 2.05) is 72.9 Å². The molecule has 4 rings (SSSR count). The first kappa shape index (κ1) is 22.1. The lowest BCUT2D eigenvalue weighted by molar-refractivity contribution is -0.128. The molecule has 6 nitrogen and oxygen atoms in total. The van der Waals surface area contributed by atoms with Gasteiger partial charge in [0.05, 0.1) is 6.07 Å². The highest BCUT2D eigenvalue weighted by Crippen LogP contribution is 2.20. The van der Waals surface area contributed by atoms with Gasteiger partial charge in [-0.3, -0.25) is 9.59 Å². The zero-order valence-corrected chi connectivity index (χ0v) is 18.3. The number of carbonyl (C=O) groups excluding carboxylic acids is 2. The maximum Gasteiger partial charge on any atom is 0.243 e. The van der Waals surface area contributed by atoms with Crippen molar-refractivity contribution < 1.29 is 9.59 Å². The van der Waals surface area contributed by atoms with Crippen LogP contribution in [-0.4, -0.2) is 29.4 Å². The van der Waals surface area contributed by atoms with Crippen LogP contribution in [0.4, 0.5) is 0 Å². The first-order valence-electron chi connectivity index (χ1n) is 11.1. The highest BCUT2D eigenvalue weighted by molar-refractivity contribution is 5.89. The molecule has 6 heteroatoms. The van der Waals surface area contributed by atoms with E-state index in [0.29, 0.717) is 19.3 Å². The Bertz CT molecular complexity index is 1320. The van der Waals surface area contributed by atoms with Gasteiger partial charge < -0.3 is 15.6 Å². The zero-order chi connectivity index (χ0) is 23.0. The van der Waals surface area contributed by atoms with Crippen LogP contribution in [0.25, 0.3) is 21.7 Å². The fourth-order valence-electron chi connectivity index (χ4n) is 4.10. The van der Waals surface area contributed by atoms with Gasteiger partial charge in [-0.05, 0) is 40.8 Å². The van der Waals surface area contributed by atoms with E-state index in [4.69, 9.17) is 5.26 Å². The first-order valence-corrected chi connectivity index (χ1v) is 11.1. The molecule has 2 amide bonds. The van der Waals surface area contributed by atoms with Gasteiger partial charge in [-0.1, -0.05) is 60.7 Å². The Morgan fingerprint density at radius 1 is 1.00 bits per heavy atom. The van der Waals surface area contributed by atoms with E-state index in [0.717, 1.165) is 28.3 Å². The third-order valence-electron chi connectivity index (χ3n) is 5.77. The number of aryl methyl sites for hydroxylation is 1. The molecule has 1 aromatic heterocycles. The summed E-state index contributed by atoms with van der Waals surface area (Å²) in [6.07, 6.45) is 4.11. The highest BCUT2D eigenvalue weighted by Gasteiger charge is 2.21. The van der Waals surface area contributed by atoms with Gasteiger partial charge in [0.1, 0.15) is 12.6 Å². The van der Waals surface area contributed by atoms with Crippen LogP contribution in [0.15, 0.2) is 72.9 Å². The maximum atomic E-state index is 12.7. The summed E-state index contributed by atoms with van der Waals surface area (Å²) >= 11 is 0. The number of hydrogen-bond donors (Lipinski definition) is 3. The van der Waals surface area contributed by atoms with Crippen LogP contribution in [0.3, 0.4) is 0 Å². The summed E-state index contributed by atoms with van der Waals surface area (Å²) in [5, 5.41) is 17.6. The predicted octanol–water partition coefficient (Wildman–Crippen LogP) is 4.01. The number of para-hydroxylation sites is 1. The molecule has 0 saturated heterocycles. The molecule has 3 N–H and O–H groups in total. The van der Waals surface area contributed by atoms with E-state index in [-0.39, 0.29) is 18.4 Å². The highest BCUT2D eigenvalue weighted by atomic mass is 16.2. The number of hydrogen-bond acceptors (Lipinski definition) is 3. The van der Waals surface area contributed by atoms with Crippen LogP contribution in [0.5, 0.6) is 0 Å². The number of benzene rings is 3. The lowest BCUT2D eigenvalue weighted by Gasteiger charge is -2.18. The van der Waals surface area contributed by atoms with Crippen molar-refractivity contribution in [2.45, 2.75) is 31.7 Å². The van der Waals surface area contributed by atoms with Crippen molar-refractivity contribution in [2.24, 2.45) is 0 Å². The molecule has 166 valence electrons. The molecule has 0 aliphatic rings. The summed E-state index contributed by atoms with van der Waals surface area (Å²) in [5.74, 6) is -0.526. The van der Waals surface area contributed by atoms with E-state index < -0.39 is 6.04 Å². The largest absolute Gasteiger partial charge is 0.361 e. The number of rotatable bonds is 9. The Morgan fingerprint density at radius 3 is 2.64 bits per heavy atom. The van der Waals surface area contributed by atoms with Crippen molar-refractivity contribution in [3.63, 3.8) is 0 Å². The predicted molar refractivity (Wildman–Crippen MR) is 129 cm³/mol. The fourth-order valence-corrected chi connectivity index (χ4v) is 4.10. The van der Waals surface area contributed by atoms with Crippen LogP contribution in [-0.2, 0) is 22.4 Å². The SMILES string of the molecule is N#CCNC(=O)C(Cc1ccc2ccccc2c1)NC(=O)CCCc1c[nH]c2ccccc12. The Hall–Kier alpha value is -4.11. The molecular weight excluding hydrogens is 412 g/mol. The molecular formula is C27H26N4O2. The van der Waals surface area contributed by atoms with Crippen LogP contribution < -0.4 is 10.6 Å². The average Bonchev–Trinajstić information content (AvgIpc) is 3.25. The quantitative estimate of drug-likeness (QED) is 0.344. The van der Waals surface area contributed by atoms with Crippen molar-refractivity contribution in [2.75, 3.05) is 6.54 Å². The van der Waals surface area contributed by atoms with E-state index in [9.17, 15) is 9.59 Å². The molecule has 4 aromatic rings. The third-order valence-corrected chi connectivity index (χ3v) is 5.77. The van der Waals surface area contributed by atoms with Crippen LogP contribution in [0.2, 0.25) is 0 Å². The Kier molecular flexibility index (Phi) is 7.01. The van der Waals surface area contributed by atoms with Crippen molar-refractivity contribution in [3.05, 3.63) is 84.1 Å². The van der Waals surface area contributed by atoms with E-state index in [2.05, 4.69) is 21.7 Å². The second kappa shape index (κ2) is 10.5. The van der Waals surface area contributed by atoms with Gasteiger partial charge in [-0.15, -0.1) is 0 Å². The molecule has 0 bridgehead atoms. The molecule has 0 spiro atoms. The number of nitrogens with zero attached hydrogens (tertiary/aromatic N) is 1. The van der Waals surface area contributed by atoms with Crippen LogP contribution >= 0.6 is 0 Å². The normalized spacial score (nSPS) is 11.7. The molecule has 0 aliphatic carbocycles. The Balaban J connectivity index is 1.39. The molecule has 0 aliphatic heterocycles. The van der Waals surface area contributed by atoms with Crippen molar-refractivity contribution >= 4 is 33.5 Å². The van der Waals surface area contributed by atoms with E-state index >= 15 is 0 Å². The molecule has 0 radical (unpaired) electrons. The summed E-state index contributed by atoms with van der Waals surface area (Å²) in [6, 6.07) is 23.3. The molecule has 0 saturated carbocycles. The average molecular weight is 439 g/mol. The van der Waals surface area contributed by atoms with Gasteiger partial charge in [0.2, 0.25) is 11.8 Å². The Morgan fingerprint density at radius 2 is 1.79 bits per heavy atom. The monoisotopic (exact) mass is 438 g/mol. The van der Waals surface area contributed by atoms with Gasteiger partial charge in [0.15, 0.2) is 0 Å². The molecule has 0 fully saturated rings. The smallest absolute Gasteiger partial charge is 0.243 e. The fraction of sp³-hybridized carbons (Fsp3) is 0.222. The number of aromatic amines is 1. The van der Waals surface area contributed by atoms with E-state index in [1.165, 1.54) is 10.9 Å². The minimum Gasteiger partial charge on any atom is -0.361 e. The number of carbonyl (C=O) groups is 2. The lowest BCUT2D eigenvalue weighted by Crippen LogP contribution is -2.48. The number of nitrogens with one attached hydrogen (secondary N) is 3. The second-order valence-corrected chi connectivity index (χ2v) is 8.09. The van der Waals surface area contributed by atoms with Gasteiger partial charge in [-0.2, -0.15) is 5.26 Å². The zero-order valence-electron chi connectivity index (χ0n) is 18.3. The minimum absolute atomic E-state index is 0.0938. The van der Waals surface area contributed by atoms with Gasteiger partial charge in [-0.25, -0.2) is 0 Å². The molecule has 33 heavy (non-hydrogen) atoms. The number of fused-ring (bicyclic) bond motifs is 2. The van der Waals surface area contributed by atoms with Crippen LogP contribution in [0, 0.1) is 11.3 Å². The van der Waals surface area contributed by atoms with Crippen molar-refractivity contribution in [3.8, 4) is 6.07 Å². The third kappa shape index (κ3) is 5.58. The molecule has 1 atom stereocenters. The summed E-state index contributed by atoms with van der Waals surface area (Å²) < 4.78 is 0. The topological polar surface area (TPSA) is 97.8 Å². The second-order valence-electron chi connectivity index (χ2n) is 8.09. The summed E-state index contributed by atoms with van der Waals surface area (Å²) in [5.41, 5.74) is 3.21. The van der Waals surface area contributed by atoms with Crippen LogP contribution in [0.1, 0.15) is 24.0 Å². The molecule has 3 aromatic carbocycles. The minimum atomic E-state index is -0.736. The van der Waals surface area contributed by atoms with Gasteiger partial charge in [0.25, 0.3) is 0 Å². The molecule has 1 heterocycles. The number of aromatic nitrogens is 1. The first-order chi connectivity index (χ1) is 16.1. The van der Waals surface area contributed by atoms with Gasteiger partial charge >= 0.3 is 0 Å². The number of nitriles is 1. The number of H-pyrrole nitrogens is 1. The van der Waals surface area contributed by atoms with Gasteiger partial charge in [0, 0.05) is 29.9 Å². The number of amides is 2. The molecule has 1 unspecified atom stereocenters. The summed E-state index contributed by atoms with van der Waals surface area (Å²) in [7, 11) is 0.